The summed E-state index contributed by atoms with van der Waals surface area (Å²) in [6, 6.07) is 10.2. The fourth-order valence-corrected chi connectivity index (χ4v) is 2.59. The maximum absolute atomic E-state index is 12.7. The molecule has 0 aromatic heterocycles. The second-order valence-electron chi connectivity index (χ2n) is 5.68. The second kappa shape index (κ2) is 4.73. The average molecular weight is 246 g/mol. The first-order valence-corrected chi connectivity index (χ1v) is 6.57. The quantitative estimate of drug-likeness (QED) is 0.866. The number of amides is 1. The Labute approximate surface area is 109 Å². The Balaban J connectivity index is 2.23. The van der Waals surface area contributed by atoms with E-state index in [1.54, 1.807) is 0 Å². The van der Waals surface area contributed by atoms with Gasteiger partial charge in [0.05, 0.1) is 5.41 Å². The van der Waals surface area contributed by atoms with Crippen molar-refractivity contribution in [3.05, 3.63) is 35.9 Å². The Bertz CT molecular complexity index is 427. The molecule has 1 amide bonds. The van der Waals surface area contributed by atoms with Gasteiger partial charge in [0, 0.05) is 18.6 Å². The van der Waals surface area contributed by atoms with Gasteiger partial charge in [-0.3, -0.25) is 4.79 Å². The van der Waals surface area contributed by atoms with Crippen LogP contribution in [0, 0.1) is 0 Å². The highest BCUT2D eigenvalue weighted by Crippen LogP contribution is 2.29. The normalized spacial score (nSPS) is 24.3. The van der Waals surface area contributed by atoms with Gasteiger partial charge in [-0.1, -0.05) is 30.3 Å². The van der Waals surface area contributed by atoms with Gasteiger partial charge in [0.15, 0.2) is 0 Å². The number of likely N-dealkylation sites (tertiary alicyclic amines) is 1. The van der Waals surface area contributed by atoms with Gasteiger partial charge in [0.25, 0.3) is 0 Å². The summed E-state index contributed by atoms with van der Waals surface area (Å²) >= 11 is 0. The van der Waals surface area contributed by atoms with Crippen molar-refractivity contribution in [1.82, 2.24) is 4.90 Å². The van der Waals surface area contributed by atoms with E-state index in [2.05, 4.69) is 0 Å². The van der Waals surface area contributed by atoms with E-state index in [9.17, 15) is 4.79 Å². The Morgan fingerprint density at radius 1 is 1.33 bits per heavy atom. The summed E-state index contributed by atoms with van der Waals surface area (Å²) in [6.07, 6.45) is 0.901. The van der Waals surface area contributed by atoms with Crippen LogP contribution in [0.4, 0.5) is 0 Å². The molecule has 2 rings (SSSR count). The number of nitrogens with zero attached hydrogens (tertiary/aromatic N) is 1. The lowest BCUT2D eigenvalue weighted by molar-refractivity contribution is -0.136. The maximum atomic E-state index is 12.7. The van der Waals surface area contributed by atoms with Crippen molar-refractivity contribution in [2.45, 2.75) is 44.7 Å². The summed E-state index contributed by atoms with van der Waals surface area (Å²) in [6.45, 7) is 6.79. The Morgan fingerprint density at radius 3 is 2.44 bits per heavy atom. The monoisotopic (exact) mass is 246 g/mol. The summed E-state index contributed by atoms with van der Waals surface area (Å²) in [4.78, 5) is 14.6. The van der Waals surface area contributed by atoms with Crippen LogP contribution in [0.3, 0.4) is 0 Å². The van der Waals surface area contributed by atoms with Gasteiger partial charge < -0.3 is 10.6 Å². The minimum Gasteiger partial charge on any atom is -0.338 e. The van der Waals surface area contributed by atoms with Gasteiger partial charge in [-0.2, -0.15) is 0 Å². The molecule has 1 fully saturated rings. The third-order valence-electron chi connectivity index (χ3n) is 4.11. The molecule has 0 saturated carbocycles. The minimum atomic E-state index is -0.487. The van der Waals surface area contributed by atoms with Crippen molar-refractivity contribution in [3.8, 4) is 0 Å². The van der Waals surface area contributed by atoms with Gasteiger partial charge in [-0.25, -0.2) is 0 Å². The topological polar surface area (TPSA) is 46.3 Å². The first-order valence-electron chi connectivity index (χ1n) is 6.57. The summed E-state index contributed by atoms with van der Waals surface area (Å²) < 4.78 is 0. The van der Waals surface area contributed by atoms with Crippen molar-refractivity contribution in [2.75, 3.05) is 6.54 Å². The molecule has 1 saturated heterocycles. The molecule has 1 aliphatic rings. The number of nitrogens with two attached hydrogens (primary N) is 1. The number of rotatable bonds is 2. The SMILES string of the molecule is CC1C(N)CCN1C(=O)C(C)(C)c1ccccc1. The van der Waals surface area contributed by atoms with Crippen molar-refractivity contribution in [2.24, 2.45) is 5.73 Å². The lowest BCUT2D eigenvalue weighted by Gasteiger charge is -2.33. The van der Waals surface area contributed by atoms with E-state index in [-0.39, 0.29) is 18.0 Å². The first-order chi connectivity index (χ1) is 8.44. The molecular weight excluding hydrogens is 224 g/mol. The standard InChI is InChI=1S/C15H22N2O/c1-11-13(16)9-10-17(11)14(18)15(2,3)12-7-5-4-6-8-12/h4-8,11,13H,9-10,16H2,1-3H3. The molecule has 1 aliphatic heterocycles. The van der Waals surface area contributed by atoms with Crippen molar-refractivity contribution in [3.63, 3.8) is 0 Å². The van der Waals surface area contributed by atoms with Gasteiger partial charge >= 0.3 is 0 Å². The number of carbonyl (C=O) groups excluding carboxylic acids is 1. The smallest absolute Gasteiger partial charge is 0.232 e. The molecule has 0 radical (unpaired) electrons. The van der Waals surface area contributed by atoms with Crippen LogP contribution in [0.5, 0.6) is 0 Å². The molecule has 1 heterocycles. The van der Waals surface area contributed by atoms with Gasteiger partial charge in [0.1, 0.15) is 0 Å². The van der Waals surface area contributed by atoms with Gasteiger partial charge in [-0.15, -0.1) is 0 Å². The van der Waals surface area contributed by atoms with Crippen LogP contribution < -0.4 is 5.73 Å². The average Bonchev–Trinajstić information content (AvgIpc) is 2.70. The zero-order valence-electron chi connectivity index (χ0n) is 11.4. The van der Waals surface area contributed by atoms with E-state index in [0.29, 0.717) is 0 Å². The largest absolute Gasteiger partial charge is 0.338 e. The zero-order valence-corrected chi connectivity index (χ0v) is 11.4. The van der Waals surface area contributed by atoms with Gasteiger partial charge in [0.2, 0.25) is 5.91 Å². The molecule has 2 atom stereocenters. The highest BCUT2D eigenvalue weighted by atomic mass is 16.2. The highest BCUT2D eigenvalue weighted by molar-refractivity contribution is 5.88. The van der Waals surface area contributed by atoms with Crippen LogP contribution in [0.1, 0.15) is 32.8 Å². The predicted octanol–water partition coefficient (Wildman–Crippen LogP) is 1.91. The molecule has 0 bridgehead atoms. The van der Waals surface area contributed by atoms with E-state index in [0.717, 1.165) is 18.5 Å². The van der Waals surface area contributed by atoms with Crippen molar-refractivity contribution in [1.29, 1.82) is 0 Å². The van der Waals surface area contributed by atoms with E-state index in [4.69, 9.17) is 5.73 Å². The van der Waals surface area contributed by atoms with E-state index in [1.165, 1.54) is 0 Å². The highest BCUT2D eigenvalue weighted by Gasteiger charge is 2.39. The molecule has 0 aliphatic carbocycles. The molecule has 1 aromatic carbocycles. The molecule has 1 aromatic rings. The van der Waals surface area contributed by atoms with Crippen LogP contribution in [-0.2, 0) is 10.2 Å². The third-order valence-corrected chi connectivity index (χ3v) is 4.11. The van der Waals surface area contributed by atoms with E-state index < -0.39 is 5.41 Å². The fraction of sp³-hybridized carbons (Fsp3) is 0.533. The Morgan fingerprint density at radius 2 is 1.94 bits per heavy atom. The molecule has 2 N–H and O–H groups in total. The van der Waals surface area contributed by atoms with Crippen molar-refractivity contribution < 1.29 is 4.79 Å². The summed E-state index contributed by atoms with van der Waals surface area (Å²) in [5.74, 6) is 0.175. The van der Waals surface area contributed by atoms with E-state index >= 15 is 0 Å². The van der Waals surface area contributed by atoms with Crippen LogP contribution in [0.25, 0.3) is 0 Å². The molecule has 3 nitrogen and oxygen atoms in total. The van der Waals surface area contributed by atoms with Crippen LogP contribution in [0.15, 0.2) is 30.3 Å². The fourth-order valence-electron chi connectivity index (χ4n) is 2.59. The molecular formula is C15H22N2O. The lowest BCUT2D eigenvalue weighted by atomic mass is 9.83. The lowest BCUT2D eigenvalue weighted by Crippen LogP contribution is -2.47. The zero-order chi connectivity index (χ0) is 13.3. The minimum absolute atomic E-state index is 0.112. The number of hydrogen-bond donors (Lipinski definition) is 1. The van der Waals surface area contributed by atoms with Crippen LogP contribution in [0.2, 0.25) is 0 Å². The first kappa shape index (κ1) is 13.1. The van der Waals surface area contributed by atoms with Crippen LogP contribution >= 0.6 is 0 Å². The second-order valence-corrected chi connectivity index (χ2v) is 5.68. The summed E-state index contributed by atoms with van der Waals surface area (Å²) in [5.41, 5.74) is 6.57. The molecule has 18 heavy (non-hydrogen) atoms. The number of hydrogen-bond acceptors (Lipinski definition) is 2. The van der Waals surface area contributed by atoms with Gasteiger partial charge in [-0.05, 0) is 32.8 Å². The third kappa shape index (κ3) is 2.15. The molecule has 98 valence electrons. The molecule has 2 unspecified atom stereocenters. The Hall–Kier alpha value is -1.35. The summed E-state index contributed by atoms with van der Waals surface area (Å²) in [5, 5.41) is 0. The summed E-state index contributed by atoms with van der Waals surface area (Å²) in [7, 11) is 0. The maximum Gasteiger partial charge on any atom is 0.232 e. The molecule has 0 spiro atoms. The molecule has 3 heteroatoms. The Kier molecular flexibility index (Phi) is 3.44. The predicted molar refractivity (Wildman–Crippen MR) is 73.2 cm³/mol. The number of benzene rings is 1. The van der Waals surface area contributed by atoms with Crippen molar-refractivity contribution >= 4 is 5.91 Å². The van der Waals surface area contributed by atoms with Crippen LogP contribution in [-0.4, -0.2) is 29.4 Å². The number of carbonyl (C=O) groups is 1. The van der Waals surface area contributed by atoms with E-state index in [1.807, 2.05) is 56.0 Å².